The van der Waals surface area contributed by atoms with E-state index in [2.05, 4.69) is 40.6 Å². The van der Waals surface area contributed by atoms with Gasteiger partial charge in [-0.3, -0.25) is 0 Å². The van der Waals surface area contributed by atoms with Crippen molar-refractivity contribution in [3.05, 3.63) is 62.7 Å². The molecule has 2 aromatic rings. The maximum absolute atomic E-state index is 12.3. The molecule has 0 saturated carbocycles. The molecule has 1 fully saturated rings. The van der Waals surface area contributed by atoms with Crippen LogP contribution in [0.4, 0.5) is 4.79 Å². The number of carbonyl (C=O) groups is 2. The number of nitrogens with zero attached hydrogens (tertiary/aromatic N) is 1. The number of amides is 2. The first-order valence-corrected chi connectivity index (χ1v) is 14.0. The fraction of sp³-hybridized carbons (Fsp3) is 0.167. The molecule has 2 amide bonds. The average Bonchev–Trinajstić information content (AvgIpc) is 3.14. The molecular weight excluding hydrogens is 423 g/mol. The summed E-state index contributed by atoms with van der Waals surface area (Å²) in [5, 5.41) is 2.02. The predicted molar refractivity (Wildman–Crippen MR) is 95.4 cm³/mol. The third-order valence-electron chi connectivity index (χ3n) is 5.11. The van der Waals surface area contributed by atoms with Gasteiger partial charge in [-0.05, 0) is 0 Å². The second-order valence-corrected chi connectivity index (χ2v) is 16.2. The van der Waals surface area contributed by atoms with Crippen LogP contribution in [-0.2, 0) is 11.2 Å². The molecule has 0 radical (unpaired) electrons. The van der Waals surface area contributed by atoms with Crippen molar-refractivity contribution in [1.82, 2.24) is 10.3 Å². The van der Waals surface area contributed by atoms with E-state index in [1.54, 1.807) is 0 Å². The summed E-state index contributed by atoms with van der Waals surface area (Å²) < 4.78 is 3.26. The first kappa shape index (κ1) is 14.8. The minimum atomic E-state index is -2.37. The summed E-state index contributed by atoms with van der Waals surface area (Å²) in [6, 6.07) is 12.5. The summed E-state index contributed by atoms with van der Waals surface area (Å²) in [5.41, 5.74) is 3.71. The van der Waals surface area contributed by atoms with Crippen molar-refractivity contribution in [2.75, 3.05) is 0 Å². The first-order valence-electron chi connectivity index (χ1n) is 7.97. The molecule has 116 valence electrons. The van der Waals surface area contributed by atoms with Crippen LogP contribution < -0.4 is 8.64 Å². The quantitative estimate of drug-likeness (QED) is 0.800. The van der Waals surface area contributed by atoms with E-state index in [1.807, 2.05) is 18.3 Å². The van der Waals surface area contributed by atoms with Crippen molar-refractivity contribution in [3.63, 3.8) is 0 Å². The van der Waals surface area contributed by atoms with E-state index < -0.39 is 21.4 Å². The Morgan fingerprint density at radius 1 is 1.17 bits per heavy atom. The van der Waals surface area contributed by atoms with Crippen molar-refractivity contribution in [1.29, 1.82) is 0 Å². The van der Waals surface area contributed by atoms with E-state index in [1.165, 1.54) is 29.5 Å². The molecule has 3 aliphatic rings. The van der Waals surface area contributed by atoms with Crippen molar-refractivity contribution in [3.8, 4) is 0 Å². The molecule has 0 aliphatic carbocycles. The fourth-order valence-corrected chi connectivity index (χ4v) is 18.5. The molecule has 2 unspecified atom stereocenters. The van der Waals surface area contributed by atoms with Crippen LogP contribution in [0.3, 0.4) is 0 Å². The third-order valence-corrected chi connectivity index (χ3v) is 17.8. The monoisotopic (exact) mass is 436 g/mol. The Kier molecular flexibility index (Phi) is 3.38. The van der Waals surface area contributed by atoms with Gasteiger partial charge in [-0.25, -0.2) is 0 Å². The minimum absolute atomic E-state index is 0.107. The predicted octanol–water partition coefficient (Wildman–Crippen LogP) is 1.95. The molecule has 4 nitrogen and oxygen atoms in total. The Labute approximate surface area is 151 Å². The van der Waals surface area contributed by atoms with Crippen LogP contribution in [-0.4, -0.2) is 42.8 Å². The number of thioether (sulfide) groups is 1. The zero-order valence-corrected chi connectivity index (χ0v) is 16.8. The number of aromatic nitrogens is 1. The van der Waals surface area contributed by atoms with E-state index >= 15 is 0 Å². The van der Waals surface area contributed by atoms with Crippen molar-refractivity contribution >= 4 is 53.7 Å². The molecule has 5 rings (SSSR count). The molecule has 1 N–H and O–H groups in total. The van der Waals surface area contributed by atoms with Gasteiger partial charge in [0.05, 0.1) is 0 Å². The van der Waals surface area contributed by atoms with Gasteiger partial charge in [0.2, 0.25) is 0 Å². The number of imide groups is 1. The Bertz CT molecular complexity index is 912. The Balaban J connectivity index is 1.54. The van der Waals surface area contributed by atoms with Crippen LogP contribution in [0.2, 0.25) is 0 Å². The number of carbonyl (C=O) groups excluding carboxylic acids is 2. The Morgan fingerprint density at radius 3 is 2.79 bits per heavy atom. The van der Waals surface area contributed by atoms with Crippen LogP contribution >= 0.6 is 11.8 Å². The summed E-state index contributed by atoms with van der Waals surface area (Å²) in [6.07, 6.45) is 5.05. The Hall–Kier alpha value is -1.53. The standard InChI is InChI=1S/C18H13N2O2S.In/c21-17-16(23-18(22)20-17)12-14-7-2-1-6-13(14)8-5-10-15-9-3-4-11-19-15;/h1-4,7-9,11-12,16H,10H2,(H,20,21,22);. The fourth-order valence-electron chi connectivity index (χ4n) is 4.23. The number of hydrogen-bond donors (Lipinski definition) is 1. The summed E-state index contributed by atoms with van der Waals surface area (Å²) in [5.74, 6) is -0.107. The molecule has 1 aromatic heterocycles. The van der Waals surface area contributed by atoms with Crippen LogP contribution in [0.1, 0.15) is 20.5 Å². The zero-order valence-electron chi connectivity index (χ0n) is 12.7. The van der Waals surface area contributed by atoms with Gasteiger partial charge in [0.25, 0.3) is 0 Å². The average molecular weight is 436 g/mol. The molecule has 1 saturated heterocycles. The van der Waals surface area contributed by atoms with Gasteiger partial charge in [-0.1, -0.05) is 0 Å². The van der Waals surface area contributed by atoms with Gasteiger partial charge >= 0.3 is 152 Å². The molecule has 4 bridgehead atoms. The Morgan fingerprint density at radius 2 is 2.08 bits per heavy atom. The van der Waals surface area contributed by atoms with E-state index in [0.29, 0.717) is 0 Å². The molecule has 24 heavy (non-hydrogen) atoms. The van der Waals surface area contributed by atoms with Crippen LogP contribution in [0, 0.1) is 0 Å². The first-order chi connectivity index (χ1) is 11.7. The second kappa shape index (κ2) is 5.49. The number of benzene rings is 1. The second-order valence-electron chi connectivity index (χ2n) is 6.39. The molecule has 0 spiro atoms. The SMILES string of the molecule is O=C1NC(=O)C([CH]2c3ccc[c]4c3C=[C](Cc3ccccn3)[In]42)S1. The van der Waals surface area contributed by atoms with E-state index in [0.717, 1.165) is 12.1 Å². The van der Waals surface area contributed by atoms with Crippen LogP contribution in [0.15, 0.2) is 45.9 Å². The maximum atomic E-state index is 12.3. The van der Waals surface area contributed by atoms with Crippen molar-refractivity contribution < 1.29 is 9.59 Å². The van der Waals surface area contributed by atoms with Gasteiger partial charge in [-0.2, -0.15) is 0 Å². The molecule has 4 heterocycles. The summed E-state index contributed by atoms with van der Waals surface area (Å²) in [7, 11) is 0. The normalized spacial score (nSPS) is 23.7. The van der Waals surface area contributed by atoms with Crippen molar-refractivity contribution in [2.45, 2.75) is 15.3 Å². The van der Waals surface area contributed by atoms with E-state index in [-0.39, 0.29) is 20.1 Å². The van der Waals surface area contributed by atoms with E-state index in [4.69, 9.17) is 0 Å². The van der Waals surface area contributed by atoms with Gasteiger partial charge in [-0.15, -0.1) is 0 Å². The molecule has 3 aliphatic heterocycles. The van der Waals surface area contributed by atoms with Crippen LogP contribution in [0.5, 0.6) is 0 Å². The van der Waals surface area contributed by atoms with Crippen LogP contribution in [0.25, 0.3) is 6.08 Å². The van der Waals surface area contributed by atoms with Crippen molar-refractivity contribution in [2.24, 2.45) is 0 Å². The summed E-state index contributed by atoms with van der Waals surface area (Å²) >= 11 is -1.18. The topological polar surface area (TPSA) is 59.1 Å². The molecule has 1 aromatic carbocycles. The third kappa shape index (κ3) is 2.12. The van der Waals surface area contributed by atoms with Gasteiger partial charge in [0.15, 0.2) is 0 Å². The number of hydrogen-bond acceptors (Lipinski definition) is 4. The van der Waals surface area contributed by atoms with Gasteiger partial charge in [0.1, 0.15) is 0 Å². The summed E-state index contributed by atoms with van der Waals surface area (Å²) in [6.45, 7) is 0. The van der Waals surface area contributed by atoms with Gasteiger partial charge in [0, 0.05) is 0 Å². The number of pyridine rings is 1. The zero-order chi connectivity index (χ0) is 16.3. The molecule has 6 heteroatoms. The van der Waals surface area contributed by atoms with E-state index in [9.17, 15) is 9.59 Å². The molecular formula is C18H13InN2O2S. The number of allylic oxidation sites excluding steroid dienone is 1. The number of nitrogens with one attached hydrogen (secondary N) is 1. The molecule has 2 atom stereocenters. The summed E-state index contributed by atoms with van der Waals surface area (Å²) in [4.78, 5) is 28.4. The van der Waals surface area contributed by atoms with Gasteiger partial charge < -0.3 is 0 Å². The number of rotatable bonds is 3.